The summed E-state index contributed by atoms with van der Waals surface area (Å²) in [7, 11) is 0. The van der Waals surface area contributed by atoms with E-state index in [4.69, 9.17) is 9.84 Å². The van der Waals surface area contributed by atoms with Gasteiger partial charge < -0.3 is 14.4 Å². The molecule has 0 unspecified atom stereocenters. The number of benzene rings is 1. The van der Waals surface area contributed by atoms with Crippen molar-refractivity contribution in [2.75, 3.05) is 6.61 Å². The highest BCUT2D eigenvalue weighted by atomic mass is 16.5. The first-order chi connectivity index (χ1) is 10.3. The summed E-state index contributed by atoms with van der Waals surface area (Å²) in [6, 6.07) is 6.51. The van der Waals surface area contributed by atoms with E-state index in [0.29, 0.717) is 6.61 Å². The van der Waals surface area contributed by atoms with E-state index >= 15 is 0 Å². The molecule has 1 N–H and O–H groups in total. The second-order valence-corrected chi connectivity index (χ2v) is 4.89. The minimum Gasteiger partial charge on any atom is -0.494 e. The predicted molar refractivity (Wildman–Crippen MR) is 79.6 cm³/mol. The Labute approximate surface area is 124 Å². The first-order valence-electron chi connectivity index (χ1n) is 7.17. The Balaban J connectivity index is 1.54. The second kappa shape index (κ2) is 8.09. The van der Waals surface area contributed by atoms with E-state index in [2.05, 4.69) is 9.55 Å². The molecule has 1 aromatic heterocycles. The number of aromatic nitrogens is 2. The van der Waals surface area contributed by atoms with Crippen molar-refractivity contribution in [2.24, 2.45) is 0 Å². The second-order valence-electron chi connectivity index (χ2n) is 4.89. The summed E-state index contributed by atoms with van der Waals surface area (Å²) in [5.41, 5.74) is 0.279. The van der Waals surface area contributed by atoms with Crippen molar-refractivity contribution >= 4 is 5.97 Å². The number of hydrogen-bond acceptors (Lipinski definition) is 3. The Bertz CT molecular complexity index is 535. The third-order valence-corrected chi connectivity index (χ3v) is 3.24. The van der Waals surface area contributed by atoms with Gasteiger partial charge in [0.15, 0.2) is 0 Å². The van der Waals surface area contributed by atoms with Gasteiger partial charge in [-0.05, 0) is 37.1 Å². The van der Waals surface area contributed by atoms with Crippen LogP contribution in [-0.4, -0.2) is 27.2 Å². The van der Waals surface area contributed by atoms with Crippen LogP contribution in [-0.2, 0) is 6.54 Å². The third-order valence-electron chi connectivity index (χ3n) is 3.24. The normalized spacial score (nSPS) is 10.5. The van der Waals surface area contributed by atoms with E-state index in [1.165, 1.54) is 6.42 Å². The maximum Gasteiger partial charge on any atom is 0.335 e. The summed E-state index contributed by atoms with van der Waals surface area (Å²) < 4.78 is 7.67. The molecule has 0 radical (unpaired) electrons. The Hall–Kier alpha value is -2.30. The standard InChI is InChI=1S/C16H20N2O3/c19-16(20)14-5-7-15(8-6-14)21-12-4-2-1-3-10-18-11-9-17-13-18/h5-9,11,13H,1-4,10,12H2,(H,19,20). The smallest absolute Gasteiger partial charge is 0.335 e. The number of carbonyl (C=O) groups is 1. The lowest BCUT2D eigenvalue weighted by molar-refractivity contribution is 0.0697. The van der Waals surface area contributed by atoms with Crippen LogP contribution in [0.25, 0.3) is 0 Å². The fraction of sp³-hybridized carbons (Fsp3) is 0.375. The van der Waals surface area contributed by atoms with E-state index in [-0.39, 0.29) is 5.56 Å². The minimum atomic E-state index is -0.917. The number of nitrogens with zero attached hydrogens (tertiary/aromatic N) is 2. The summed E-state index contributed by atoms with van der Waals surface area (Å²) in [4.78, 5) is 14.7. The van der Waals surface area contributed by atoms with Crippen LogP contribution in [0.4, 0.5) is 0 Å². The molecule has 2 aromatic rings. The molecule has 0 saturated heterocycles. The van der Waals surface area contributed by atoms with E-state index in [1.807, 2.05) is 12.5 Å². The number of aromatic carboxylic acids is 1. The van der Waals surface area contributed by atoms with Gasteiger partial charge in [-0.1, -0.05) is 12.8 Å². The van der Waals surface area contributed by atoms with Crippen molar-refractivity contribution in [1.82, 2.24) is 9.55 Å². The molecule has 0 aliphatic rings. The summed E-state index contributed by atoms with van der Waals surface area (Å²) in [6.45, 7) is 1.68. The van der Waals surface area contributed by atoms with Crippen molar-refractivity contribution in [2.45, 2.75) is 32.2 Å². The van der Waals surface area contributed by atoms with Crippen LogP contribution in [0.5, 0.6) is 5.75 Å². The quantitative estimate of drug-likeness (QED) is 0.719. The highest BCUT2D eigenvalue weighted by molar-refractivity contribution is 5.87. The lowest BCUT2D eigenvalue weighted by atomic mass is 10.2. The number of ether oxygens (including phenoxy) is 1. The van der Waals surface area contributed by atoms with Gasteiger partial charge in [0.05, 0.1) is 18.5 Å². The summed E-state index contributed by atoms with van der Waals surface area (Å²) in [5, 5.41) is 8.79. The molecule has 0 aliphatic carbocycles. The first kappa shape index (κ1) is 15.1. The molecule has 0 bridgehead atoms. The van der Waals surface area contributed by atoms with Crippen LogP contribution in [0, 0.1) is 0 Å². The number of rotatable bonds is 9. The molecular formula is C16H20N2O3. The van der Waals surface area contributed by atoms with Crippen LogP contribution in [0.1, 0.15) is 36.0 Å². The summed E-state index contributed by atoms with van der Waals surface area (Å²) >= 11 is 0. The van der Waals surface area contributed by atoms with Crippen LogP contribution < -0.4 is 4.74 Å². The van der Waals surface area contributed by atoms with Crippen LogP contribution in [0.15, 0.2) is 43.0 Å². The maximum atomic E-state index is 10.7. The zero-order valence-electron chi connectivity index (χ0n) is 11.9. The molecule has 0 amide bonds. The number of carboxylic acid groups (broad SMARTS) is 1. The van der Waals surface area contributed by atoms with Gasteiger partial charge in [-0.3, -0.25) is 0 Å². The molecule has 1 aromatic carbocycles. The van der Waals surface area contributed by atoms with Gasteiger partial charge in [-0.2, -0.15) is 0 Å². The molecule has 0 saturated carbocycles. The largest absolute Gasteiger partial charge is 0.494 e. The van der Waals surface area contributed by atoms with Crippen molar-refractivity contribution in [1.29, 1.82) is 0 Å². The zero-order valence-corrected chi connectivity index (χ0v) is 11.9. The van der Waals surface area contributed by atoms with E-state index < -0.39 is 5.97 Å². The van der Waals surface area contributed by atoms with E-state index in [1.54, 1.807) is 30.5 Å². The molecule has 21 heavy (non-hydrogen) atoms. The number of aryl methyl sites for hydroxylation is 1. The molecule has 5 nitrogen and oxygen atoms in total. The number of hydrogen-bond donors (Lipinski definition) is 1. The van der Waals surface area contributed by atoms with Crippen LogP contribution >= 0.6 is 0 Å². The molecule has 0 aliphatic heterocycles. The van der Waals surface area contributed by atoms with Gasteiger partial charge in [0.1, 0.15) is 5.75 Å². The molecule has 112 valence electrons. The van der Waals surface area contributed by atoms with Gasteiger partial charge in [0, 0.05) is 18.9 Å². The van der Waals surface area contributed by atoms with Crippen molar-refractivity contribution in [3.63, 3.8) is 0 Å². The lowest BCUT2D eigenvalue weighted by Crippen LogP contribution is -2.00. The Morgan fingerprint density at radius 2 is 1.90 bits per heavy atom. The van der Waals surface area contributed by atoms with Crippen LogP contribution in [0.2, 0.25) is 0 Å². The SMILES string of the molecule is O=C(O)c1ccc(OCCCCCCn2ccnc2)cc1. The van der Waals surface area contributed by atoms with E-state index in [9.17, 15) is 4.79 Å². The number of unbranched alkanes of at least 4 members (excludes halogenated alkanes) is 3. The molecule has 2 rings (SSSR count). The Kier molecular flexibility index (Phi) is 5.82. The molecule has 0 spiro atoms. The number of imidazole rings is 1. The monoisotopic (exact) mass is 288 g/mol. The van der Waals surface area contributed by atoms with Crippen molar-refractivity contribution in [3.8, 4) is 5.75 Å². The molecule has 0 fully saturated rings. The topological polar surface area (TPSA) is 64.3 Å². The van der Waals surface area contributed by atoms with Crippen molar-refractivity contribution in [3.05, 3.63) is 48.5 Å². The molecule has 5 heteroatoms. The number of carboxylic acids is 1. The van der Waals surface area contributed by atoms with Gasteiger partial charge in [-0.15, -0.1) is 0 Å². The summed E-state index contributed by atoms with van der Waals surface area (Å²) in [6.07, 6.45) is 10.0. The first-order valence-corrected chi connectivity index (χ1v) is 7.17. The Morgan fingerprint density at radius 1 is 1.14 bits per heavy atom. The highest BCUT2D eigenvalue weighted by Gasteiger charge is 2.01. The van der Waals surface area contributed by atoms with E-state index in [0.717, 1.165) is 31.6 Å². The lowest BCUT2D eigenvalue weighted by Gasteiger charge is -2.06. The van der Waals surface area contributed by atoms with Crippen molar-refractivity contribution < 1.29 is 14.6 Å². The average molecular weight is 288 g/mol. The third kappa shape index (κ3) is 5.30. The van der Waals surface area contributed by atoms with Crippen LogP contribution in [0.3, 0.4) is 0 Å². The maximum absolute atomic E-state index is 10.7. The summed E-state index contributed by atoms with van der Waals surface area (Å²) in [5.74, 6) is -0.196. The van der Waals surface area contributed by atoms with Gasteiger partial charge >= 0.3 is 5.97 Å². The van der Waals surface area contributed by atoms with Gasteiger partial charge in [0.25, 0.3) is 0 Å². The molecule has 1 heterocycles. The predicted octanol–water partition coefficient (Wildman–Crippen LogP) is 3.22. The molecular weight excluding hydrogens is 268 g/mol. The highest BCUT2D eigenvalue weighted by Crippen LogP contribution is 2.13. The minimum absolute atomic E-state index is 0.279. The van der Waals surface area contributed by atoms with Gasteiger partial charge in [-0.25, -0.2) is 9.78 Å². The van der Waals surface area contributed by atoms with Gasteiger partial charge in [0.2, 0.25) is 0 Å². The molecule has 0 atom stereocenters. The zero-order chi connectivity index (χ0) is 14.9. The Morgan fingerprint density at radius 3 is 2.57 bits per heavy atom. The fourth-order valence-electron chi connectivity index (χ4n) is 2.05. The fourth-order valence-corrected chi connectivity index (χ4v) is 2.05. The average Bonchev–Trinajstić information content (AvgIpc) is 3.00.